The van der Waals surface area contributed by atoms with Crippen LogP contribution in [0.2, 0.25) is 5.02 Å². The lowest BCUT2D eigenvalue weighted by atomic mass is 9.92. The van der Waals surface area contributed by atoms with Gasteiger partial charge in [0.15, 0.2) is 0 Å². The smallest absolute Gasteiger partial charge is 0.268 e. The SMILES string of the molecule is COc1cc(Cl)c2[nH]c(C(=O)NC(CC3CC3)C(=O)N[C@H](C#N)CC3CC(C)(C)NC3=O)cc2c1. The van der Waals surface area contributed by atoms with Crippen molar-refractivity contribution in [1.82, 2.24) is 20.9 Å². The van der Waals surface area contributed by atoms with Crippen LogP contribution in [0.15, 0.2) is 18.2 Å². The topological polar surface area (TPSA) is 136 Å². The molecule has 1 aliphatic heterocycles. The van der Waals surface area contributed by atoms with Crippen LogP contribution in [0.1, 0.15) is 56.4 Å². The molecule has 2 unspecified atom stereocenters. The number of benzene rings is 1. The van der Waals surface area contributed by atoms with Crippen LogP contribution in [0.25, 0.3) is 10.9 Å². The molecule has 10 heteroatoms. The van der Waals surface area contributed by atoms with Crippen LogP contribution in [-0.4, -0.2) is 47.4 Å². The highest BCUT2D eigenvalue weighted by atomic mass is 35.5. The fraction of sp³-hybridized carbons (Fsp3) is 0.520. The van der Waals surface area contributed by atoms with Gasteiger partial charge in [0.05, 0.1) is 23.7 Å². The first-order valence-electron chi connectivity index (χ1n) is 11.8. The number of ether oxygens (including phenoxy) is 1. The highest BCUT2D eigenvalue weighted by molar-refractivity contribution is 6.35. The van der Waals surface area contributed by atoms with Crippen molar-refractivity contribution in [3.63, 3.8) is 0 Å². The van der Waals surface area contributed by atoms with Crippen molar-refractivity contribution in [2.45, 2.75) is 63.6 Å². The zero-order chi connectivity index (χ0) is 25.3. The Labute approximate surface area is 208 Å². The largest absolute Gasteiger partial charge is 0.497 e. The van der Waals surface area contributed by atoms with E-state index in [1.807, 2.05) is 13.8 Å². The third-order valence-electron chi connectivity index (χ3n) is 6.60. The van der Waals surface area contributed by atoms with E-state index < -0.39 is 23.9 Å². The lowest BCUT2D eigenvalue weighted by Gasteiger charge is -2.21. The number of carbonyl (C=O) groups excluding carboxylic acids is 3. The summed E-state index contributed by atoms with van der Waals surface area (Å²) in [5.41, 5.74) is 0.536. The molecule has 3 amide bonds. The van der Waals surface area contributed by atoms with Crippen LogP contribution in [0.4, 0.5) is 0 Å². The minimum atomic E-state index is -0.829. The Morgan fingerprint density at radius 2 is 2.00 bits per heavy atom. The quantitative estimate of drug-likeness (QED) is 0.420. The molecular formula is C25H30ClN5O4. The second-order valence-electron chi connectivity index (χ2n) is 10.2. The highest BCUT2D eigenvalue weighted by Crippen LogP contribution is 2.34. The first-order chi connectivity index (χ1) is 16.6. The number of halogens is 1. The molecule has 2 heterocycles. The summed E-state index contributed by atoms with van der Waals surface area (Å²) in [6.45, 7) is 3.86. The standard InChI is InChI=1S/C25H30ClN5O4/c1-25(2)11-15(22(32)31-25)7-16(12-27)28-23(33)19(6-13-4-5-13)30-24(34)20-9-14-8-17(35-3)10-18(26)21(14)29-20/h8-10,13,15-16,19,29H,4-7,11H2,1-3H3,(H,28,33)(H,30,34)(H,31,32)/t15?,16-,19?/m0/s1. The summed E-state index contributed by atoms with van der Waals surface area (Å²) in [6.07, 6.45) is 3.31. The van der Waals surface area contributed by atoms with Crippen LogP contribution in [0.5, 0.6) is 5.75 Å². The minimum absolute atomic E-state index is 0.110. The van der Waals surface area contributed by atoms with Gasteiger partial charge in [0, 0.05) is 22.9 Å². The number of nitrogens with zero attached hydrogens (tertiary/aromatic N) is 1. The van der Waals surface area contributed by atoms with E-state index in [1.54, 1.807) is 18.2 Å². The number of carbonyl (C=O) groups is 3. The average Bonchev–Trinajstić information content (AvgIpc) is 3.43. The molecule has 4 N–H and O–H groups in total. The van der Waals surface area contributed by atoms with E-state index in [0.29, 0.717) is 40.4 Å². The highest BCUT2D eigenvalue weighted by Gasteiger charge is 2.39. The lowest BCUT2D eigenvalue weighted by Crippen LogP contribution is -2.50. The fourth-order valence-corrected chi connectivity index (χ4v) is 4.92. The predicted molar refractivity (Wildman–Crippen MR) is 131 cm³/mol. The number of nitrogens with one attached hydrogen (secondary N) is 4. The van der Waals surface area contributed by atoms with E-state index in [4.69, 9.17) is 16.3 Å². The van der Waals surface area contributed by atoms with Crippen molar-refractivity contribution < 1.29 is 19.1 Å². The third kappa shape index (κ3) is 5.88. The number of hydrogen-bond acceptors (Lipinski definition) is 5. The molecule has 1 aromatic heterocycles. The molecule has 3 atom stereocenters. The van der Waals surface area contributed by atoms with Gasteiger partial charge in [-0.2, -0.15) is 5.26 Å². The molecule has 9 nitrogen and oxygen atoms in total. The van der Waals surface area contributed by atoms with Gasteiger partial charge < -0.3 is 25.7 Å². The van der Waals surface area contributed by atoms with Crippen LogP contribution in [0.3, 0.4) is 0 Å². The number of fused-ring (bicyclic) bond motifs is 1. The molecule has 1 aromatic carbocycles. The Morgan fingerprint density at radius 3 is 2.60 bits per heavy atom. The Kier molecular flexibility index (Phi) is 6.95. The van der Waals surface area contributed by atoms with Crippen molar-refractivity contribution in [1.29, 1.82) is 5.26 Å². The Hall–Kier alpha value is -3.25. The molecule has 0 radical (unpaired) electrons. The Balaban J connectivity index is 1.45. The number of nitriles is 1. The monoisotopic (exact) mass is 499 g/mol. The molecule has 1 saturated heterocycles. The van der Waals surface area contributed by atoms with Gasteiger partial charge in [0.2, 0.25) is 11.8 Å². The number of aromatic nitrogens is 1. The second kappa shape index (κ2) is 9.78. The maximum atomic E-state index is 13.1. The van der Waals surface area contributed by atoms with Crippen LogP contribution >= 0.6 is 11.6 Å². The molecule has 2 fully saturated rings. The van der Waals surface area contributed by atoms with Gasteiger partial charge in [-0.1, -0.05) is 24.4 Å². The van der Waals surface area contributed by atoms with Gasteiger partial charge >= 0.3 is 0 Å². The molecule has 35 heavy (non-hydrogen) atoms. The van der Waals surface area contributed by atoms with Crippen LogP contribution < -0.4 is 20.7 Å². The Bertz CT molecular complexity index is 1200. The zero-order valence-electron chi connectivity index (χ0n) is 20.0. The summed E-state index contributed by atoms with van der Waals surface area (Å²) in [5, 5.41) is 19.2. The molecule has 0 bridgehead atoms. The number of H-pyrrole nitrogens is 1. The maximum Gasteiger partial charge on any atom is 0.268 e. The normalized spacial score (nSPS) is 20.5. The van der Waals surface area contributed by atoms with E-state index >= 15 is 0 Å². The van der Waals surface area contributed by atoms with Gasteiger partial charge in [-0.05, 0) is 51.2 Å². The fourth-order valence-electron chi connectivity index (χ4n) is 4.65. The number of hydrogen-bond donors (Lipinski definition) is 4. The summed E-state index contributed by atoms with van der Waals surface area (Å²) < 4.78 is 5.23. The second-order valence-corrected chi connectivity index (χ2v) is 10.6. The van der Waals surface area contributed by atoms with Crippen LogP contribution in [0, 0.1) is 23.2 Å². The number of methoxy groups -OCH3 is 1. The predicted octanol–water partition coefficient (Wildman–Crippen LogP) is 3.04. The van der Waals surface area contributed by atoms with E-state index in [-0.39, 0.29) is 29.5 Å². The first kappa shape index (κ1) is 24.9. The molecule has 2 aromatic rings. The van der Waals surface area contributed by atoms with E-state index in [0.717, 1.165) is 12.8 Å². The molecule has 1 saturated carbocycles. The van der Waals surface area contributed by atoms with Crippen molar-refractivity contribution in [2.75, 3.05) is 7.11 Å². The average molecular weight is 500 g/mol. The van der Waals surface area contributed by atoms with Crippen molar-refractivity contribution >= 4 is 40.2 Å². The molecule has 186 valence electrons. The van der Waals surface area contributed by atoms with Crippen molar-refractivity contribution in [3.05, 3.63) is 28.9 Å². The van der Waals surface area contributed by atoms with Gasteiger partial charge in [0.1, 0.15) is 23.5 Å². The van der Waals surface area contributed by atoms with E-state index in [2.05, 4.69) is 27.0 Å². The van der Waals surface area contributed by atoms with Crippen molar-refractivity contribution in [2.24, 2.45) is 11.8 Å². The van der Waals surface area contributed by atoms with E-state index in [9.17, 15) is 19.6 Å². The lowest BCUT2D eigenvalue weighted by molar-refractivity contribution is -0.125. The summed E-state index contributed by atoms with van der Waals surface area (Å²) in [7, 11) is 1.54. The maximum absolute atomic E-state index is 13.1. The van der Waals surface area contributed by atoms with Gasteiger partial charge in [-0.25, -0.2) is 0 Å². The van der Waals surface area contributed by atoms with Gasteiger partial charge in [-0.15, -0.1) is 0 Å². The zero-order valence-corrected chi connectivity index (χ0v) is 20.8. The summed E-state index contributed by atoms with van der Waals surface area (Å²) in [6, 6.07) is 5.54. The summed E-state index contributed by atoms with van der Waals surface area (Å²) in [4.78, 5) is 41.4. The summed E-state index contributed by atoms with van der Waals surface area (Å²) >= 11 is 6.30. The number of rotatable bonds is 9. The van der Waals surface area contributed by atoms with Crippen molar-refractivity contribution in [3.8, 4) is 11.8 Å². The molecule has 0 spiro atoms. The molecule has 4 rings (SSSR count). The molecule has 2 aliphatic rings. The number of aromatic amines is 1. The van der Waals surface area contributed by atoms with Gasteiger partial charge in [-0.3, -0.25) is 14.4 Å². The summed E-state index contributed by atoms with van der Waals surface area (Å²) in [5.74, 6) is -0.399. The minimum Gasteiger partial charge on any atom is -0.497 e. The van der Waals surface area contributed by atoms with Gasteiger partial charge in [0.25, 0.3) is 5.91 Å². The molecular weight excluding hydrogens is 470 g/mol. The van der Waals surface area contributed by atoms with Crippen LogP contribution in [-0.2, 0) is 9.59 Å². The Morgan fingerprint density at radius 1 is 1.26 bits per heavy atom. The molecule has 1 aliphatic carbocycles. The first-order valence-corrected chi connectivity index (χ1v) is 12.2. The number of amides is 3. The van der Waals surface area contributed by atoms with E-state index in [1.165, 1.54) is 7.11 Å². The third-order valence-corrected chi connectivity index (χ3v) is 6.90.